The molecule has 6 aliphatic rings. The number of aliphatic imine (C=N–C) groups is 3. The average molecular weight is 1160 g/mol. The Labute approximate surface area is 476 Å². The molecular weight excluding hydrogens is 1110 g/mol. The Hall–Kier alpha value is -7.99. The number of thioether (sulfide) groups is 2. The molecule has 3 spiro atoms. The molecule has 0 bridgehead atoms. The second kappa shape index (κ2) is 22.1. The van der Waals surface area contributed by atoms with Gasteiger partial charge >= 0.3 is 0 Å². The number of carbonyl (C=O) groups is 3. The van der Waals surface area contributed by atoms with Gasteiger partial charge in [0, 0.05) is 49.7 Å². The number of hydrogen-bond donors (Lipinski definition) is 6. The molecule has 12 rings (SSSR count). The maximum Gasteiger partial charge on any atom is 0.283 e. The van der Waals surface area contributed by atoms with Gasteiger partial charge in [0.2, 0.25) is 0 Å². The summed E-state index contributed by atoms with van der Waals surface area (Å²) in [5.41, 5.74) is 17.6. The number of pyridine rings is 3. The first-order valence-corrected chi connectivity index (χ1v) is 27.8. The van der Waals surface area contributed by atoms with E-state index in [9.17, 15) is 40.7 Å². The van der Waals surface area contributed by atoms with Gasteiger partial charge in [-0.25, -0.2) is 46.3 Å². The number of carbonyl (C=O) groups excluding carboxylic acids is 3. The molecule has 0 radical (unpaired) electrons. The Kier molecular flexibility index (Phi) is 15.4. The number of hydrogen-bond acceptors (Lipinski definition) is 15. The molecule has 6 aromatic rings. The van der Waals surface area contributed by atoms with Crippen molar-refractivity contribution in [3.05, 3.63) is 178 Å². The minimum Gasteiger partial charge on any atom is -0.459 e. The number of amides is 3. The molecule has 16 nitrogen and oxygen atoms in total. The van der Waals surface area contributed by atoms with Gasteiger partial charge < -0.3 is 37.9 Å². The monoisotopic (exact) mass is 1160 g/mol. The third kappa shape index (κ3) is 12.7. The molecular formula is C58H56F6N12O4S2. The fourth-order valence-electron chi connectivity index (χ4n) is 10.9. The van der Waals surface area contributed by atoms with E-state index >= 15 is 0 Å². The molecule has 82 heavy (non-hydrogen) atoms. The minimum absolute atomic E-state index is 0.0182. The number of amidine groups is 3. The minimum atomic E-state index is -0.891. The Balaban J connectivity index is 0.000000138. The van der Waals surface area contributed by atoms with Crippen molar-refractivity contribution in [3.8, 4) is 0 Å². The number of halogens is 6. The molecule has 3 unspecified atom stereocenters. The molecule has 3 amide bonds. The van der Waals surface area contributed by atoms with Gasteiger partial charge in [-0.2, -0.15) is 0 Å². The van der Waals surface area contributed by atoms with E-state index in [-0.39, 0.29) is 38.2 Å². The van der Waals surface area contributed by atoms with Gasteiger partial charge in [-0.15, -0.1) is 0 Å². The maximum absolute atomic E-state index is 14.7. The van der Waals surface area contributed by atoms with Crippen LogP contribution in [0, 0.1) is 34.9 Å². The number of nitrogens with zero attached hydrogens (tertiary/aromatic N) is 6. The van der Waals surface area contributed by atoms with Crippen LogP contribution in [0.2, 0.25) is 0 Å². The fourth-order valence-corrected chi connectivity index (χ4v) is 13.8. The van der Waals surface area contributed by atoms with Crippen LogP contribution in [0.15, 0.2) is 125 Å². The predicted octanol–water partition coefficient (Wildman–Crippen LogP) is 11.1. The van der Waals surface area contributed by atoms with E-state index in [0.29, 0.717) is 63.4 Å². The highest BCUT2D eigenvalue weighted by Gasteiger charge is 2.55. The number of aromatic nitrogens is 3. The average Bonchev–Trinajstić information content (AvgIpc) is 4.34. The zero-order valence-corrected chi connectivity index (χ0v) is 46.2. The van der Waals surface area contributed by atoms with Crippen LogP contribution in [0.1, 0.15) is 133 Å². The molecule has 6 heterocycles. The van der Waals surface area contributed by atoms with Crippen LogP contribution in [0.4, 0.5) is 43.4 Å². The zero-order valence-electron chi connectivity index (χ0n) is 44.6. The number of rotatable bonds is 9. The zero-order chi connectivity index (χ0) is 58.4. The molecule has 3 aromatic heterocycles. The number of nitrogens with one attached hydrogen (secondary N) is 3. The summed E-state index contributed by atoms with van der Waals surface area (Å²) in [6, 6.07) is 20.4. The predicted molar refractivity (Wildman–Crippen MR) is 303 cm³/mol. The molecule has 3 saturated carbocycles. The van der Waals surface area contributed by atoms with Crippen molar-refractivity contribution in [2.24, 2.45) is 32.2 Å². The van der Waals surface area contributed by atoms with Gasteiger partial charge in [-0.1, -0.05) is 29.9 Å². The number of benzene rings is 3. The topological polar surface area (TPSA) is 250 Å². The Morgan fingerprint density at radius 3 is 1.13 bits per heavy atom. The van der Waals surface area contributed by atoms with E-state index in [0.717, 1.165) is 81.7 Å². The molecule has 426 valence electrons. The summed E-state index contributed by atoms with van der Waals surface area (Å²) >= 11 is 3.16. The van der Waals surface area contributed by atoms with Gasteiger partial charge in [0.1, 0.15) is 57.6 Å². The molecule has 9 N–H and O–H groups in total. The second-order valence-corrected chi connectivity index (χ2v) is 24.9. The van der Waals surface area contributed by atoms with Crippen molar-refractivity contribution in [1.82, 2.24) is 15.0 Å². The van der Waals surface area contributed by atoms with Crippen molar-refractivity contribution >= 4 is 74.7 Å². The van der Waals surface area contributed by atoms with Crippen LogP contribution in [0.25, 0.3) is 0 Å². The van der Waals surface area contributed by atoms with Crippen LogP contribution in [0.5, 0.6) is 0 Å². The molecule has 3 fully saturated rings. The molecule has 3 aliphatic heterocycles. The number of anilines is 3. The van der Waals surface area contributed by atoms with Crippen LogP contribution in [-0.2, 0) is 21.4 Å². The summed E-state index contributed by atoms with van der Waals surface area (Å²) in [7, 11) is 0. The van der Waals surface area contributed by atoms with E-state index in [1.807, 2.05) is 13.8 Å². The third-order valence-corrected chi connectivity index (χ3v) is 17.8. The molecule has 24 heteroatoms. The Bertz CT molecular complexity index is 3430. The summed E-state index contributed by atoms with van der Waals surface area (Å²) in [6.07, 6.45) is 11.8. The van der Waals surface area contributed by atoms with Gasteiger partial charge in [0.05, 0.1) is 35.2 Å². The first kappa shape index (κ1) is 57.3. The van der Waals surface area contributed by atoms with Crippen LogP contribution in [-0.4, -0.2) is 64.1 Å². The lowest BCUT2D eigenvalue weighted by molar-refractivity contribution is 0.0959. The summed E-state index contributed by atoms with van der Waals surface area (Å²) in [5.74, 6) is -4.33. The molecule has 3 aliphatic carbocycles. The number of ether oxygens (including phenoxy) is 1. The van der Waals surface area contributed by atoms with E-state index < -0.39 is 69.2 Å². The van der Waals surface area contributed by atoms with E-state index in [2.05, 4.69) is 45.9 Å². The van der Waals surface area contributed by atoms with Gasteiger partial charge in [-0.05, 0) is 163 Å². The Morgan fingerprint density at radius 2 is 0.829 bits per heavy atom. The third-order valence-electron chi connectivity index (χ3n) is 15.2. The normalized spacial score (nSPS) is 22.9. The van der Waals surface area contributed by atoms with Crippen molar-refractivity contribution in [3.63, 3.8) is 0 Å². The van der Waals surface area contributed by atoms with E-state index in [1.165, 1.54) is 60.7 Å². The molecule has 3 aromatic carbocycles. The fraction of sp³-hybridized carbons (Fsp3) is 0.328. The smallest absolute Gasteiger partial charge is 0.283 e. The summed E-state index contributed by atoms with van der Waals surface area (Å²) in [6.45, 7) is 5.55. The van der Waals surface area contributed by atoms with Crippen molar-refractivity contribution in [1.29, 1.82) is 0 Å². The van der Waals surface area contributed by atoms with Crippen LogP contribution in [0.3, 0.4) is 0 Å². The Morgan fingerprint density at radius 1 is 0.476 bits per heavy atom. The first-order chi connectivity index (χ1) is 38.9. The van der Waals surface area contributed by atoms with Gasteiger partial charge in [0.15, 0.2) is 10.3 Å². The second-order valence-electron chi connectivity index (χ2n) is 21.9. The largest absolute Gasteiger partial charge is 0.459 e. The summed E-state index contributed by atoms with van der Waals surface area (Å²) in [4.78, 5) is 61.6. The van der Waals surface area contributed by atoms with Gasteiger partial charge in [0.25, 0.3) is 23.7 Å². The van der Waals surface area contributed by atoms with Gasteiger partial charge in [-0.3, -0.25) is 24.4 Å². The first-order valence-electron chi connectivity index (χ1n) is 26.2. The van der Waals surface area contributed by atoms with Crippen LogP contribution >= 0.6 is 23.5 Å². The van der Waals surface area contributed by atoms with Crippen LogP contribution < -0.4 is 33.2 Å². The summed E-state index contributed by atoms with van der Waals surface area (Å²) in [5, 5.41) is 8.94. The lowest BCUT2D eigenvalue weighted by atomic mass is 9.73. The standard InChI is InChI=1S/C20H20F2N4OS.C19H18F2N4O2.C19H18F2N4OS/c1-19(11-20(7-2-8-20)28-18(23)26-19)14-9-13(4-5-15(14)22)25-17(27)16-6-3-12(21)10-24-16;2*1-18(10-19(6-7-19)27-17(22)25-18)13-8-12(3-4-14(13)21)24-16(26)15-5-2-11(20)9-23-15/h3-6,9-10H,2,7-8,11H2,1H3,(H2,23,26)(H,25,27);2*2-5,8-9H,6-7,10H2,1H3,(H2,22,25)(H,24,26). The van der Waals surface area contributed by atoms with Crippen molar-refractivity contribution in [2.45, 2.75) is 117 Å². The van der Waals surface area contributed by atoms with E-state index in [1.54, 1.807) is 42.6 Å². The highest BCUT2D eigenvalue weighted by atomic mass is 32.2. The highest BCUT2D eigenvalue weighted by molar-refractivity contribution is 8.15. The highest BCUT2D eigenvalue weighted by Crippen LogP contribution is 2.59. The number of nitrogens with two attached hydrogens (primary N) is 3. The molecule has 3 atom stereocenters. The van der Waals surface area contributed by atoms with E-state index in [4.69, 9.17) is 21.9 Å². The summed E-state index contributed by atoms with van der Waals surface area (Å²) < 4.78 is 88.5. The van der Waals surface area contributed by atoms with Crippen molar-refractivity contribution < 1.29 is 45.5 Å². The van der Waals surface area contributed by atoms with Crippen molar-refractivity contribution in [2.75, 3.05) is 16.0 Å². The SMILES string of the molecule is CC1(c2cc(NC(=O)c3ccc(F)cn3)ccc2F)CC2(CC2)OC(N)=N1.CC1(c2cc(NC(=O)c3ccc(F)cn3)ccc2F)CC2(CC2)SC(N)=N1.CC1(c2cc(NC(=O)c3ccc(F)cn3)ccc2F)CC2(CCC2)SC(N)=N1. The lowest BCUT2D eigenvalue weighted by Crippen LogP contribution is -2.46. The maximum atomic E-state index is 14.7. The molecule has 0 saturated heterocycles. The quantitative estimate of drug-likeness (QED) is 0.0740. The lowest BCUT2D eigenvalue weighted by Gasteiger charge is -2.48.